The number of hydrogen-bond acceptors (Lipinski definition) is 8. The molecule has 1 saturated heterocycles. The number of rotatable bonds is 6. The third-order valence-corrected chi connectivity index (χ3v) is 7.81. The summed E-state index contributed by atoms with van der Waals surface area (Å²) in [6.45, 7) is 5.58. The molecule has 1 saturated carbocycles. The number of benzene rings is 1. The summed E-state index contributed by atoms with van der Waals surface area (Å²) in [5.74, 6) is 1.15. The summed E-state index contributed by atoms with van der Waals surface area (Å²) in [5, 5.41) is 3.29. The van der Waals surface area contributed by atoms with Gasteiger partial charge in [0.15, 0.2) is 11.6 Å². The first-order valence-electron chi connectivity index (χ1n) is 13.7. The minimum absolute atomic E-state index is 0.0569. The van der Waals surface area contributed by atoms with Gasteiger partial charge in [0.05, 0.1) is 6.54 Å². The number of ether oxygens (including phenoxy) is 1. The molecule has 204 valence electrons. The Morgan fingerprint density at radius 1 is 0.975 bits per heavy atom. The number of amidine groups is 1. The molecular weight excluding hydrogens is 512 g/mol. The zero-order chi connectivity index (χ0) is 27.2. The van der Waals surface area contributed by atoms with Gasteiger partial charge in [-0.05, 0) is 55.9 Å². The lowest BCUT2D eigenvalue weighted by atomic mass is 10.1. The SMILES string of the molecule is CC1=Cc2c(F)c(Oc3nc(NC4=NCC(C5CC5)=C4)cc(N4CCN(c5ccncc5)CC4)n3)cc(F)c2C1. The molecule has 2 aliphatic carbocycles. The summed E-state index contributed by atoms with van der Waals surface area (Å²) in [5.41, 5.74) is 3.94. The zero-order valence-electron chi connectivity index (χ0n) is 22.2. The summed E-state index contributed by atoms with van der Waals surface area (Å²) in [6, 6.07) is 6.88. The molecular formula is C30H29F2N7O. The van der Waals surface area contributed by atoms with Crippen molar-refractivity contribution in [3.63, 3.8) is 0 Å². The minimum Gasteiger partial charge on any atom is -0.421 e. The number of nitrogens with one attached hydrogen (secondary N) is 1. The van der Waals surface area contributed by atoms with Crippen molar-refractivity contribution in [2.75, 3.05) is 47.8 Å². The topological polar surface area (TPSA) is 78.8 Å². The van der Waals surface area contributed by atoms with Crippen LogP contribution in [0.25, 0.3) is 6.08 Å². The maximum Gasteiger partial charge on any atom is 0.326 e. The van der Waals surface area contributed by atoms with Crippen LogP contribution in [0.4, 0.5) is 26.1 Å². The first-order valence-corrected chi connectivity index (χ1v) is 13.7. The summed E-state index contributed by atoms with van der Waals surface area (Å²) < 4.78 is 36.1. The average molecular weight is 542 g/mol. The van der Waals surface area contributed by atoms with Crippen molar-refractivity contribution >= 4 is 29.2 Å². The lowest BCUT2D eigenvalue weighted by molar-refractivity contribution is 0.406. The van der Waals surface area contributed by atoms with Crippen LogP contribution in [0.1, 0.15) is 30.9 Å². The third kappa shape index (κ3) is 4.89. The Bertz CT molecular complexity index is 1560. The maximum atomic E-state index is 15.4. The summed E-state index contributed by atoms with van der Waals surface area (Å²) in [6.07, 6.45) is 10.1. The molecule has 0 bridgehead atoms. The van der Waals surface area contributed by atoms with Crippen molar-refractivity contribution in [3.8, 4) is 11.8 Å². The summed E-state index contributed by atoms with van der Waals surface area (Å²) >= 11 is 0. The Morgan fingerprint density at radius 3 is 2.52 bits per heavy atom. The lowest BCUT2D eigenvalue weighted by Crippen LogP contribution is -2.46. The molecule has 10 heteroatoms. The van der Waals surface area contributed by atoms with Crippen LogP contribution in [-0.2, 0) is 6.42 Å². The van der Waals surface area contributed by atoms with Crippen molar-refractivity contribution in [2.24, 2.45) is 10.9 Å². The van der Waals surface area contributed by atoms with Gasteiger partial charge in [-0.1, -0.05) is 11.6 Å². The molecule has 4 heterocycles. The van der Waals surface area contributed by atoms with Crippen LogP contribution in [0, 0.1) is 17.6 Å². The number of pyridine rings is 1. The number of aromatic nitrogens is 3. The normalized spacial score (nSPS) is 18.3. The van der Waals surface area contributed by atoms with Crippen molar-refractivity contribution in [3.05, 3.63) is 76.6 Å². The fourth-order valence-corrected chi connectivity index (χ4v) is 5.52. The predicted octanol–water partition coefficient (Wildman–Crippen LogP) is 5.39. The Hall–Kier alpha value is -4.34. The Balaban J connectivity index is 1.17. The molecule has 4 aliphatic rings. The second kappa shape index (κ2) is 10.0. The molecule has 1 N–H and O–H groups in total. The Morgan fingerprint density at radius 2 is 1.75 bits per heavy atom. The van der Waals surface area contributed by atoms with Crippen molar-refractivity contribution in [1.29, 1.82) is 0 Å². The Kier molecular flexibility index (Phi) is 6.17. The number of allylic oxidation sites excluding steroid dienone is 1. The predicted molar refractivity (Wildman–Crippen MR) is 151 cm³/mol. The van der Waals surface area contributed by atoms with Crippen LogP contribution in [0.5, 0.6) is 11.8 Å². The van der Waals surface area contributed by atoms with E-state index in [0.29, 0.717) is 36.1 Å². The molecule has 2 fully saturated rings. The van der Waals surface area contributed by atoms with E-state index in [0.717, 1.165) is 49.3 Å². The molecule has 8 nitrogen and oxygen atoms in total. The molecule has 0 spiro atoms. The number of fused-ring (bicyclic) bond motifs is 1. The van der Waals surface area contributed by atoms with Crippen LogP contribution >= 0.6 is 0 Å². The maximum absolute atomic E-state index is 15.4. The third-order valence-electron chi connectivity index (χ3n) is 7.81. The van der Waals surface area contributed by atoms with Gasteiger partial charge in [0.25, 0.3) is 0 Å². The number of halogens is 2. The van der Waals surface area contributed by atoms with E-state index in [-0.39, 0.29) is 17.3 Å². The average Bonchev–Trinajstić information content (AvgIpc) is 3.58. The number of nitrogens with zero attached hydrogens (tertiary/aromatic N) is 6. The van der Waals surface area contributed by atoms with Gasteiger partial charge in [0.2, 0.25) is 0 Å². The minimum atomic E-state index is -0.611. The van der Waals surface area contributed by atoms with Gasteiger partial charge in [-0.15, -0.1) is 0 Å². The van der Waals surface area contributed by atoms with Crippen LogP contribution in [-0.4, -0.2) is 53.5 Å². The molecule has 0 unspecified atom stereocenters. The molecule has 2 aliphatic heterocycles. The standard InChI is InChI=1S/C30H29F2N7O/c1-18-12-22-23(13-18)29(32)25(15-24(22)31)40-30-36-27(35-26-14-20(17-34-26)19-2-3-19)16-28(37-30)39-10-8-38(9-11-39)21-4-6-33-7-5-21/h4-7,13-16,19H,2-3,8-12,17H2,1H3,(H,34,35,36,37). The van der Waals surface area contributed by atoms with E-state index < -0.39 is 11.6 Å². The second-order valence-corrected chi connectivity index (χ2v) is 10.7. The fourth-order valence-electron chi connectivity index (χ4n) is 5.52. The smallest absolute Gasteiger partial charge is 0.326 e. The van der Waals surface area contributed by atoms with Gasteiger partial charge in [-0.3, -0.25) is 9.98 Å². The highest BCUT2D eigenvalue weighted by atomic mass is 19.1. The van der Waals surface area contributed by atoms with E-state index in [1.807, 2.05) is 25.1 Å². The van der Waals surface area contributed by atoms with Crippen molar-refractivity contribution < 1.29 is 13.5 Å². The van der Waals surface area contributed by atoms with Gasteiger partial charge in [0.1, 0.15) is 23.3 Å². The van der Waals surface area contributed by atoms with Gasteiger partial charge < -0.3 is 19.9 Å². The van der Waals surface area contributed by atoms with Gasteiger partial charge in [0, 0.05) is 67.5 Å². The lowest BCUT2D eigenvalue weighted by Gasteiger charge is -2.36. The highest BCUT2D eigenvalue weighted by Crippen LogP contribution is 2.38. The highest BCUT2D eigenvalue weighted by Gasteiger charge is 2.28. The van der Waals surface area contributed by atoms with E-state index in [1.165, 1.54) is 18.4 Å². The molecule has 7 rings (SSSR count). The molecule has 0 atom stereocenters. The van der Waals surface area contributed by atoms with Crippen LogP contribution in [0.3, 0.4) is 0 Å². The molecule has 1 aromatic carbocycles. The summed E-state index contributed by atoms with van der Waals surface area (Å²) in [4.78, 5) is 22.3. The second-order valence-electron chi connectivity index (χ2n) is 10.7. The van der Waals surface area contributed by atoms with Crippen LogP contribution in [0.2, 0.25) is 0 Å². The van der Waals surface area contributed by atoms with Crippen molar-refractivity contribution in [2.45, 2.75) is 26.2 Å². The van der Waals surface area contributed by atoms with Crippen molar-refractivity contribution in [1.82, 2.24) is 15.0 Å². The zero-order valence-corrected chi connectivity index (χ0v) is 22.2. The van der Waals surface area contributed by atoms with Gasteiger partial charge in [-0.2, -0.15) is 9.97 Å². The van der Waals surface area contributed by atoms with Crippen LogP contribution < -0.4 is 19.9 Å². The quantitative estimate of drug-likeness (QED) is 0.448. The number of anilines is 3. The van der Waals surface area contributed by atoms with E-state index in [4.69, 9.17) is 4.74 Å². The van der Waals surface area contributed by atoms with Gasteiger partial charge in [-0.25, -0.2) is 8.78 Å². The van der Waals surface area contributed by atoms with E-state index in [2.05, 4.69) is 41.1 Å². The van der Waals surface area contributed by atoms with E-state index in [9.17, 15) is 4.39 Å². The largest absolute Gasteiger partial charge is 0.421 e. The number of aliphatic imine (C=N–C) groups is 1. The van der Waals surface area contributed by atoms with Gasteiger partial charge >= 0.3 is 6.01 Å². The number of hydrogen-bond donors (Lipinski definition) is 1. The molecule has 40 heavy (non-hydrogen) atoms. The molecule has 2 aromatic heterocycles. The van der Waals surface area contributed by atoms with E-state index >= 15 is 4.39 Å². The molecule has 0 amide bonds. The first-order chi connectivity index (χ1) is 19.5. The highest BCUT2D eigenvalue weighted by molar-refractivity contribution is 6.05. The van der Waals surface area contributed by atoms with E-state index in [1.54, 1.807) is 18.5 Å². The Labute approximate surface area is 231 Å². The molecule has 3 aromatic rings. The molecule has 0 radical (unpaired) electrons. The monoisotopic (exact) mass is 541 g/mol. The number of piperazine rings is 1. The fraction of sp³-hybridized carbons (Fsp3) is 0.333. The first kappa shape index (κ1) is 24.7. The van der Waals surface area contributed by atoms with Crippen LogP contribution in [0.15, 0.2) is 58.9 Å². The summed E-state index contributed by atoms with van der Waals surface area (Å²) in [7, 11) is 0.